The topological polar surface area (TPSA) is 53.4 Å². The first kappa shape index (κ1) is 15.7. The van der Waals surface area contributed by atoms with Gasteiger partial charge in [-0.2, -0.15) is 0 Å². The van der Waals surface area contributed by atoms with Crippen molar-refractivity contribution in [3.8, 4) is 0 Å². The van der Waals surface area contributed by atoms with Crippen molar-refractivity contribution in [1.82, 2.24) is 9.88 Å². The first-order chi connectivity index (χ1) is 10.1. The molecule has 4 nitrogen and oxygen atoms in total. The molecule has 1 atom stereocenters. The maximum absolute atomic E-state index is 12.2. The molecule has 0 bridgehead atoms. The second-order valence-electron chi connectivity index (χ2n) is 5.15. The number of carbonyl (C=O) groups excluding carboxylic acids is 1. The molecular formula is C16H20N2O2S. The van der Waals surface area contributed by atoms with E-state index in [2.05, 4.69) is 17.1 Å². The van der Waals surface area contributed by atoms with Crippen molar-refractivity contribution in [3.05, 3.63) is 52.0 Å². The van der Waals surface area contributed by atoms with Crippen LogP contribution in [0, 0.1) is 0 Å². The molecule has 0 saturated heterocycles. The number of benzene rings is 1. The van der Waals surface area contributed by atoms with Crippen LogP contribution in [0.15, 0.2) is 35.7 Å². The van der Waals surface area contributed by atoms with Gasteiger partial charge in [0.2, 0.25) is 0 Å². The van der Waals surface area contributed by atoms with Gasteiger partial charge in [0.15, 0.2) is 0 Å². The van der Waals surface area contributed by atoms with Crippen LogP contribution < -0.4 is 0 Å². The van der Waals surface area contributed by atoms with Gasteiger partial charge in [0.25, 0.3) is 5.91 Å². The van der Waals surface area contributed by atoms with E-state index in [0.29, 0.717) is 18.7 Å². The van der Waals surface area contributed by atoms with Crippen LogP contribution in [0.1, 0.15) is 34.4 Å². The second kappa shape index (κ2) is 7.33. The van der Waals surface area contributed by atoms with Gasteiger partial charge in [0, 0.05) is 25.4 Å². The van der Waals surface area contributed by atoms with Crippen molar-refractivity contribution in [2.75, 3.05) is 13.6 Å². The van der Waals surface area contributed by atoms with E-state index >= 15 is 0 Å². The maximum Gasteiger partial charge on any atom is 0.273 e. The molecule has 0 fully saturated rings. The van der Waals surface area contributed by atoms with Gasteiger partial charge in [-0.05, 0) is 18.9 Å². The molecule has 1 aromatic heterocycles. The Hall–Kier alpha value is -1.72. The largest absolute Gasteiger partial charge is 0.393 e. The summed E-state index contributed by atoms with van der Waals surface area (Å²) in [6.45, 7) is 2.25. The average molecular weight is 304 g/mol. The molecule has 0 radical (unpaired) electrons. The summed E-state index contributed by atoms with van der Waals surface area (Å²) < 4.78 is 0. The number of hydrogen-bond donors (Lipinski definition) is 1. The summed E-state index contributed by atoms with van der Waals surface area (Å²) in [5.74, 6) is -0.0915. The summed E-state index contributed by atoms with van der Waals surface area (Å²) in [6, 6.07) is 10.1. The molecule has 0 aliphatic rings. The first-order valence-electron chi connectivity index (χ1n) is 6.98. The number of aliphatic hydroxyl groups excluding tert-OH is 1. The lowest BCUT2D eigenvalue weighted by molar-refractivity contribution is 0.0764. The maximum atomic E-state index is 12.2. The van der Waals surface area contributed by atoms with Gasteiger partial charge in [-0.1, -0.05) is 30.3 Å². The zero-order valence-corrected chi connectivity index (χ0v) is 13.1. The molecule has 0 spiro atoms. The second-order valence-corrected chi connectivity index (χ2v) is 6.10. The average Bonchev–Trinajstić information content (AvgIpc) is 2.93. The lowest BCUT2D eigenvalue weighted by atomic mass is 10.2. The van der Waals surface area contributed by atoms with Gasteiger partial charge in [0.1, 0.15) is 5.69 Å². The molecule has 1 unspecified atom stereocenters. The highest BCUT2D eigenvalue weighted by Gasteiger charge is 2.15. The lowest BCUT2D eigenvalue weighted by Gasteiger charge is -2.16. The number of thiazole rings is 1. The molecule has 0 aliphatic carbocycles. The van der Waals surface area contributed by atoms with Crippen molar-refractivity contribution in [3.63, 3.8) is 0 Å². The van der Waals surface area contributed by atoms with Crippen LogP contribution in [0.3, 0.4) is 0 Å². The minimum absolute atomic E-state index is 0.0915. The van der Waals surface area contributed by atoms with Gasteiger partial charge < -0.3 is 10.0 Å². The van der Waals surface area contributed by atoms with E-state index < -0.39 is 6.10 Å². The summed E-state index contributed by atoms with van der Waals surface area (Å²) in [5.41, 5.74) is 1.67. The van der Waals surface area contributed by atoms with Crippen LogP contribution in [0.25, 0.3) is 0 Å². The van der Waals surface area contributed by atoms with Crippen LogP contribution in [0.4, 0.5) is 0 Å². The lowest BCUT2D eigenvalue weighted by Crippen LogP contribution is -2.29. The molecular weight excluding hydrogens is 284 g/mol. The molecule has 2 aromatic rings. The Kier molecular flexibility index (Phi) is 5.47. The molecule has 0 saturated carbocycles. The third-order valence-corrected chi connectivity index (χ3v) is 4.05. The fourth-order valence-corrected chi connectivity index (χ4v) is 2.74. The fraction of sp³-hybridized carbons (Fsp3) is 0.375. The Balaban J connectivity index is 1.97. The quantitative estimate of drug-likeness (QED) is 0.892. The van der Waals surface area contributed by atoms with Crippen LogP contribution in [0.2, 0.25) is 0 Å². The zero-order valence-electron chi connectivity index (χ0n) is 12.3. The Morgan fingerprint density at radius 1 is 1.38 bits per heavy atom. The molecule has 1 heterocycles. The Morgan fingerprint density at radius 2 is 2.10 bits per heavy atom. The van der Waals surface area contributed by atoms with E-state index in [4.69, 9.17) is 0 Å². The third-order valence-electron chi connectivity index (χ3n) is 3.20. The van der Waals surface area contributed by atoms with Crippen molar-refractivity contribution < 1.29 is 9.90 Å². The standard InChI is InChI=1S/C16H20N2O2S/c1-12(19)8-9-18(2)16(20)14-11-21-15(17-14)10-13-6-4-3-5-7-13/h3-7,11-12,19H,8-10H2,1-2H3. The number of aromatic nitrogens is 1. The first-order valence-corrected chi connectivity index (χ1v) is 7.86. The minimum Gasteiger partial charge on any atom is -0.393 e. The van der Waals surface area contributed by atoms with Crippen LogP contribution in [0.5, 0.6) is 0 Å². The molecule has 5 heteroatoms. The highest BCUT2D eigenvalue weighted by atomic mass is 32.1. The number of rotatable bonds is 6. The molecule has 1 amide bonds. The van der Waals surface area contributed by atoms with Crippen LogP contribution in [-0.2, 0) is 6.42 Å². The highest BCUT2D eigenvalue weighted by Crippen LogP contribution is 2.16. The summed E-state index contributed by atoms with van der Waals surface area (Å²) in [7, 11) is 1.74. The highest BCUT2D eigenvalue weighted by molar-refractivity contribution is 7.09. The zero-order chi connectivity index (χ0) is 15.2. The van der Waals surface area contributed by atoms with Gasteiger partial charge >= 0.3 is 0 Å². The van der Waals surface area contributed by atoms with Gasteiger partial charge in [-0.3, -0.25) is 4.79 Å². The van der Waals surface area contributed by atoms with E-state index in [9.17, 15) is 9.90 Å². The van der Waals surface area contributed by atoms with Gasteiger partial charge in [-0.15, -0.1) is 11.3 Å². The molecule has 1 N–H and O–H groups in total. The van der Waals surface area contributed by atoms with Crippen LogP contribution >= 0.6 is 11.3 Å². The van der Waals surface area contributed by atoms with E-state index in [1.807, 2.05) is 18.2 Å². The molecule has 21 heavy (non-hydrogen) atoms. The molecule has 2 rings (SSSR count). The van der Waals surface area contributed by atoms with Crippen molar-refractivity contribution in [2.24, 2.45) is 0 Å². The van der Waals surface area contributed by atoms with Gasteiger partial charge in [-0.25, -0.2) is 4.98 Å². The Labute approximate surface area is 129 Å². The van der Waals surface area contributed by atoms with E-state index in [0.717, 1.165) is 11.4 Å². The number of nitrogens with zero attached hydrogens (tertiary/aromatic N) is 2. The summed E-state index contributed by atoms with van der Waals surface area (Å²) in [6.07, 6.45) is 0.920. The van der Waals surface area contributed by atoms with E-state index in [-0.39, 0.29) is 5.91 Å². The predicted octanol–water partition coefficient (Wildman–Crippen LogP) is 2.58. The van der Waals surface area contributed by atoms with E-state index in [1.54, 1.807) is 24.3 Å². The number of carbonyl (C=O) groups is 1. The number of aliphatic hydroxyl groups is 1. The fourth-order valence-electron chi connectivity index (χ4n) is 1.94. The molecule has 1 aromatic carbocycles. The van der Waals surface area contributed by atoms with Crippen molar-refractivity contribution >= 4 is 17.2 Å². The number of hydrogen-bond acceptors (Lipinski definition) is 4. The molecule has 112 valence electrons. The Morgan fingerprint density at radius 3 is 2.76 bits per heavy atom. The SMILES string of the molecule is CC(O)CCN(C)C(=O)c1csc(Cc2ccccc2)n1. The Bertz CT molecular complexity index is 581. The minimum atomic E-state index is -0.399. The number of amides is 1. The third kappa shape index (κ3) is 4.65. The smallest absolute Gasteiger partial charge is 0.273 e. The summed E-state index contributed by atoms with van der Waals surface area (Å²) >= 11 is 1.51. The van der Waals surface area contributed by atoms with Crippen molar-refractivity contribution in [2.45, 2.75) is 25.9 Å². The monoisotopic (exact) mass is 304 g/mol. The molecule has 0 aliphatic heterocycles. The summed E-state index contributed by atoms with van der Waals surface area (Å²) in [5, 5.41) is 12.0. The predicted molar refractivity (Wildman–Crippen MR) is 84.6 cm³/mol. The normalized spacial score (nSPS) is 12.1. The summed E-state index contributed by atoms with van der Waals surface area (Å²) in [4.78, 5) is 18.2. The van der Waals surface area contributed by atoms with Crippen LogP contribution in [-0.4, -0.2) is 40.6 Å². The van der Waals surface area contributed by atoms with Gasteiger partial charge in [0.05, 0.1) is 11.1 Å². The van der Waals surface area contributed by atoms with Crippen molar-refractivity contribution in [1.29, 1.82) is 0 Å². The van der Waals surface area contributed by atoms with E-state index in [1.165, 1.54) is 16.9 Å².